The summed E-state index contributed by atoms with van der Waals surface area (Å²) in [6.45, 7) is 3.35. The molecule has 1 aromatic carbocycles. The molecule has 2 rings (SSSR count). The van der Waals surface area contributed by atoms with Gasteiger partial charge in [-0.05, 0) is 24.3 Å². The molecule has 0 radical (unpaired) electrons. The molecule has 9 heteroatoms. The molecule has 0 bridgehead atoms. The topological polar surface area (TPSA) is 127 Å². The van der Waals surface area contributed by atoms with Crippen molar-refractivity contribution in [2.45, 2.75) is 26.4 Å². The third kappa shape index (κ3) is 4.15. The Hall–Kier alpha value is -3.23. The average molecular weight is 332 g/mol. The molecule has 2 N–H and O–H groups in total. The molecule has 1 amide bonds. The molecule has 0 saturated heterocycles. The summed E-state index contributed by atoms with van der Waals surface area (Å²) in [5.41, 5.74) is 2.22. The van der Waals surface area contributed by atoms with Gasteiger partial charge < -0.3 is 20.5 Å². The molecule has 0 spiro atoms. The van der Waals surface area contributed by atoms with Gasteiger partial charge in [-0.15, -0.1) is 0 Å². The zero-order valence-electron chi connectivity index (χ0n) is 13.1. The van der Waals surface area contributed by atoms with Gasteiger partial charge in [0.05, 0.1) is 17.4 Å². The molecular formula is C15H16N4O5. The summed E-state index contributed by atoms with van der Waals surface area (Å²) in [7, 11) is 0. The van der Waals surface area contributed by atoms with Gasteiger partial charge in [-0.1, -0.05) is 29.3 Å². The van der Waals surface area contributed by atoms with E-state index in [0.29, 0.717) is 5.56 Å². The van der Waals surface area contributed by atoms with Crippen LogP contribution in [0.15, 0.2) is 30.5 Å². The minimum Gasteiger partial charge on any atom is -0.479 e. The van der Waals surface area contributed by atoms with E-state index in [9.17, 15) is 24.8 Å². The Bertz CT molecular complexity index is 779. The van der Waals surface area contributed by atoms with Crippen LogP contribution in [0.3, 0.4) is 0 Å². The highest BCUT2D eigenvalue weighted by molar-refractivity contribution is 5.84. The van der Waals surface area contributed by atoms with Gasteiger partial charge in [0.2, 0.25) is 5.91 Å². The fourth-order valence-electron chi connectivity index (χ4n) is 2.35. The van der Waals surface area contributed by atoms with E-state index in [-0.39, 0.29) is 12.4 Å². The van der Waals surface area contributed by atoms with E-state index in [1.807, 2.05) is 19.9 Å². The fourth-order valence-corrected chi connectivity index (χ4v) is 2.35. The lowest BCUT2D eigenvalue weighted by Gasteiger charge is -2.16. The molecule has 0 aliphatic carbocycles. The SMILES string of the molecule is Cc1cc(C)cc(C(NC(=O)Cn2ccc([N+](=O)[O-])n2)C(=O)O)c1. The maximum Gasteiger partial charge on any atom is 0.389 e. The van der Waals surface area contributed by atoms with Crippen LogP contribution in [0.4, 0.5) is 5.82 Å². The first kappa shape index (κ1) is 17.1. The first-order chi connectivity index (χ1) is 11.3. The van der Waals surface area contributed by atoms with Gasteiger partial charge in [-0.2, -0.15) is 4.68 Å². The molecule has 9 nitrogen and oxygen atoms in total. The normalized spacial score (nSPS) is 11.8. The van der Waals surface area contributed by atoms with Crippen molar-refractivity contribution >= 4 is 17.7 Å². The lowest BCUT2D eigenvalue weighted by atomic mass is 10.0. The number of aromatic nitrogens is 2. The summed E-state index contributed by atoms with van der Waals surface area (Å²) in [4.78, 5) is 33.4. The van der Waals surface area contributed by atoms with E-state index >= 15 is 0 Å². The second-order valence-electron chi connectivity index (χ2n) is 5.39. The first-order valence-corrected chi connectivity index (χ1v) is 7.04. The molecule has 1 heterocycles. The van der Waals surface area contributed by atoms with Crippen LogP contribution in [0.5, 0.6) is 0 Å². The molecule has 0 saturated carbocycles. The van der Waals surface area contributed by atoms with Gasteiger partial charge in [0.1, 0.15) is 6.54 Å². The van der Waals surface area contributed by atoms with Crippen LogP contribution in [0.1, 0.15) is 22.7 Å². The number of carbonyl (C=O) groups excluding carboxylic acids is 1. The Labute approximate surface area is 137 Å². The predicted molar refractivity (Wildman–Crippen MR) is 83.3 cm³/mol. The van der Waals surface area contributed by atoms with Crippen molar-refractivity contribution < 1.29 is 19.6 Å². The minimum atomic E-state index is -1.21. The number of carbonyl (C=O) groups is 2. The van der Waals surface area contributed by atoms with Crippen molar-refractivity contribution in [1.82, 2.24) is 15.1 Å². The monoisotopic (exact) mass is 332 g/mol. The predicted octanol–water partition coefficient (Wildman–Crippen LogP) is 1.35. The van der Waals surface area contributed by atoms with E-state index in [1.54, 1.807) is 12.1 Å². The molecule has 0 aliphatic rings. The number of amides is 1. The molecule has 2 aromatic rings. The number of rotatable bonds is 6. The Kier molecular flexibility index (Phi) is 4.93. The highest BCUT2D eigenvalue weighted by atomic mass is 16.6. The standard InChI is InChI=1S/C15H16N4O5/c1-9-5-10(2)7-11(6-9)14(15(21)22)16-13(20)8-18-4-3-12(17-18)19(23)24/h3-7,14H,8H2,1-2H3,(H,16,20)(H,21,22). The Morgan fingerprint density at radius 2 is 1.96 bits per heavy atom. The largest absolute Gasteiger partial charge is 0.479 e. The van der Waals surface area contributed by atoms with Gasteiger partial charge in [-0.3, -0.25) is 4.79 Å². The number of benzene rings is 1. The molecule has 1 atom stereocenters. The second kappa shape index (κ2) is 6.90. The van der Waals surface area contributed by atoms with Crippen molar-refractivity contribution in [3.8, 4) is 0 Å². The van der Waals surface area contributed by atoms with Crippen molar-refractivity contribution in [2.75, 3.05) is 0 Å². The Morgan fingerprint density at radius 3 is 2.46 bits per heavy atom. The molecule has 1 aromatic heterocycles. The van der Waals surface area contributed by atoms with E-state index in [4.69, 9.17) is 0 Å². The van der Waals surface area contributed by atoms with Crippen molar-refractivity contribution in [2.24, 2.45) is 0 Å². The molecule has 0 fully saturated rings. The smallest absolute Gasteiger partial charge is 0.389 e. The van der Waals surface area contributed by atoms with Gasteiger partial charge >= 0.3 is 11.8 Å². The zero-order valence-corrected chi connectivity index (χ0v) is 13.1. The fraction of sp³-hybridized carbons (Fsp3) is 0.267. The second-order valence-corrected chi connectivity index (χ2v) is 5.39. The maximum atomic E-state index is 12.0. The minimum absolute atomic E-state index is 0.317. The summed E-state index contributed by atoms with van der Waals surface area (Å²) in [6.07, 6.45) is 1.28. The molecule has 1 unspecified atom stereocenters. The highest BCUT2D eigenvalue weighted by Gasteiger charge is 2.23. The van der Waals surface area contributed by atoms with E-state index in [2.05, 4.69) is 10.4 Å². The number of nitrogens with zero attached hydrogens (tertiary/aromatic N) is 3. The number of nitro groups is 1. The van der Waals surface area contributed by atoms with Crippen LogP contribution < -0.4 is 5.32 Å². The summed E-state index contributed by atoms with van der Waals surface area (Å²) in [6, 6.07) is 5.22. The van der Waals surface area contributed by atoms with Crippen molar-refractivity contribution in [1.29, 1.82) is 0 Å². The summed E-state index contributed by atoms with van der Waals surface area (Å²) in [5, 5.41) is 26.0. The van der Waals surface area contributed by atoms with Gasteiger partial charge in [-0.25, -0.2) is 4.79 Å². The number of nitrogens with one attached hydrogen (secondary N) is 1. The number of carboxylic acid groups (broad SMARTS) is 1. The average Bonchev–Trinajstić information content (AvgIpc) is 2.92. The summed E-state index contributed by atoms with van der Waals surface area (Å²) in [5.74, 6) is -2.19. The molecule has 24 heavy (non-hydrogen) atoms. The van der Waals surface area contributed by atoms with E-state index in [0.717, 1.165) is 21.9 Å². The van der Waals surface area contributed by atoms with Crippen LogP contribution in [0, 0.1) is 24.0 Å². The van der Waals surface area contributed by atoms with Crippen LogP contribution >= 0.6 is 0 Å². The van der Waals surface area contributed by atoms with Crippen LogP contribution in [0.25, 0.3) is 0 Å². The lowest BCUT2D eigenvalue weighted by Crippen LogP contribution is -2.36. The Morgan fingerprint density at radius 1 is 1.33 bits per heavy atom. The molecular weight excluding hydrogens is 316 g/mol. The van der Waals surface area contributed by atoms with E-state index < -0.39 is 22.8 Å². The zero-order chi connectivity index (χ0) is 17.9. The molecule has 126 valence electrons. The van der Waals surface area contributed by atoms with Gasteiger partial charge in [0.15, 0.2) is 6.04 Å². The number of hydrogen-bond donors (Lipinski definition) is 2. The third-order valence-electron chi connectivity index (χ3n) is 3.25. The van der Waals surface area contributed by atoms with Crippen LogP contribution in [-0.4, -0.2) is 31.7 Å². The summed E-state index contributed by atoms with van der Waals surface area (Å²) < 4.78 is 1.08. The highest BCUT2D eigenvalue weighted by Crippen LogP contribution is 2.17. The number of hydrogen-bond acceptors (Lipinski definition) is 5. The lowest BCUT2D eigenvalue weighted by molar-refractivity contribution is -0.389. The quantitative estimate of drug-likeness (QED) is 0.607. The number of carboxylic acids is 1. The maximum absolute atomic E-state index is 12.0. The Balaban J connectivity index is 2.13. The van der Waals surface area contributed by atoms with Gasteiger partial charge in [0, 0.05) is 0 Å². The van der Waals surface area contributed by atoms with Crippen molar-refractivity contribution in [3.63, 3.8) is 0 Å². The third-order valence-corrected chi connectivity index (χ3v) is 3.25. The first-order valence-electron chi connectivity index (χ1n) is 7.04. The number of aliphatic carboxylic acids is 1. The van der Waals surface area contributed by atoms with Crippen LogP contribution in [0.2, 0.25) is 0 Å². The molecule has 0 aliphatic heterocycles. The van der Waals surface area contributed by atoms with E-state index in [1.165, 1.54) is 6.20 Å². The van der Waals surface area contributed by atoms with Crippen LogP contribution in [-0.2, 0) is 16.1 Å². The number of aryl methyl sites for hydroxylation is 2. The van der Waals surface area contributed by atoms with Gasteiger partial charge in [0.25, 0.3) is 0 Å². The van der Waals surface area contributed by atoms with Crippen molar-refractivity contribution in [3.05, 3.63) is 57.3 Å². The summed E-state index contributed by atoms with van der Waals surface area (Å²) >= 11 is 0.